The van der Waals surface area contributed by atoms with E-state index in [1.165, 1.54) is 0 Å². The first kappa shape index (κ1) is 34.5. The first-order chi connectivity index (χ1) is 21.7. The van der Waals surface area contributed by atoms with E-state index < -0.39 is 30.0 Å². The van der Waals surface area contributed by atoms with Gasteiger partial charge in [-0.3, -0.25) is 19.2 Å². The van der Waals surface area contributed by atoms with E-state index in [1.54, 1.807) is 16.7 Å². The number of aliphatic hydroxyl groups is 1. The number of nitrogens with zero attached hydrogens (tertiary/aromatic N) is 2. The first-order valence-corrected chi connectivity index (χ1v) is 16.9. The molecule has 0 radical (unpaired) electrons. The van der Waals surface area contributed by atoms with Crippen molar-refractivity contribution in [3.8, 4) is 0 Å². The number of fused-ring (bicyclic) bond motifs is 2. The van der Waals surface area contributed by atoms with Gasteiger partial charge in [-0.25, -0.2) is 0 Å². The lowest BCUT2D eigenvalue weighted by Crippen LogP contribution is -2.61. The van der Waals surface area contributed by atoms with Gasteiger partial charge in [-0.2, -0.15) is 4.73 Å². The van der Waals surface area contributed by atoms with Gasteiger partial charge in [0.05, 0.1) is 17.7 Å². The molecule has 1 unspecified atom stereocenters. The highest BCUT2D eigenvalue weighted by Crippen LogP contribution is 2.27. The topological polar surface area (TPSA) is 130 Å². The number of piperidine rings is 1. The maximum Gasteiger partial charge on any atom is 0.246 e. The van der Waals surface area contributed by atoms with E-state index in [2.05, 4.69) is 10.6 Å². The molecule has 1 aromatic carbocycles. The molecule has 6 atom stereocenters. The molecule has 3 amide bonds. The molecule has 4 rings (SSSR count). The minimum atomic E-state index is -0.957. The summed E-state index contributed by atoms with van der Waals surface area (Å²) in [7, 11) is 1.57. The van der Waals surface area contributed by atoms with Gasteiger partial charge < -0.3 is 25.5 Å². The number of aliphatic hydroxyl groups excluding tert-OH is 1. The standard InChI is InChI=1S/C35H52N4O6/c1-5-23(3)32-35(44)38-19-13-12-18-30(38)31(41)21-24(14-8-7-9-15-26(40)6-2)33(42)36-28(34(43)37-32)20-25-22-39(45-4)29-17-11-10-16-27(25)29/h10-11,16-17,22-24,26,28,30,32,40H,5-9,12-15,18-21H2,1-4H3,(H,36,42)(H,37,43)/t23?,24-,26+,28+,30-,32+/m1/s1. The molecular formula is C35H52N4O6. The molecule has 2 saturated heterocycles. The van der Waals surface area contributed by atoms with Crippen LogP contribution < -0.4 is 15.5 Å². The van der Waals surface area contributed by atoms with E-state index in [-0.39, 0.29) is 42.5 Å². The number of benzene rings is 1. The predicted octanol–water partition coefficient (Wildman–Crippen LogP) is 3.95. The van der Waals surface area contributed by atoms with Crippen LogP contribution in [0.2, 0.25) is 0 Å². The third-order valence-electron chi connectivity index (χ3n) is 9.83. The van der Waals surface area contributed by atoms with Crippen LogP contribution >= 0.6 is 0 Å². The van der Waals surface area contributed by atoms with Crippen molar-refractivity contribution in [1.29, 1.82) is 0 Å². The van der Waals surface area contributed by atoms with Crippen molar-refractivity contribution in [2.45, 2.75) is 122 Å². The number of aromatic nitrogens is 1. The van der Waals surface area contributed by atoms with Gasteiger partial charge in [0.15, 0.2) is 5.78 Å². The average molecular weight is 625 g/mol. The van der Waals surface area contributed by atoms with Gasteiger partial charge in [-0.15, -0.1) is 0 Å². The summed E-state index contributed by atoms with van der Waals surface area (Å²) in [4.78, 5) is 63.1. The quantitative estimate of drug-likeness (QED) is 0.307. The molecule has 3 N–H and O–H groups in total. The predicted molar refractivity (Wildman–Crippen MR) is 173 cm³/mol. The molecule has 0 saturated carbocycles. The van der Waals surface area contributed by atoms with Gasteiger partial charge in [0.1, 0.15) is 19.2 Å². The van der Waals surface area contributed by atoms with Gasteiger partial charge in [-0.05, 0) is 56.1 Å². The zero-order valence-electron chi connectivity index (χ0n) is 27.4. The van der Waals surface area contributed by atoms with Crippen molar-refractivity contribution in [2.75, 3.05) is 13.7 Å². The molecule has 0 spiro atoms. The molecule has 2 aromatic rings. The number of ketones is 1. The highest BCUT2D eigenvalue weighted by Gasteiger charge is 2.40. The van der Waals surface area contributed by atoms with Crippen LogP contribution in [0.25, 0.3) is 10.9 Å². The van der Waals surface area contributed by atoms with Crippen molar-refractivity contribution in [3.63, 3.8) is 0 Å². The lowest BCUT2D eigenvalue weighted by Gasteiger charge is -2.39. The summed E-state index contributed by atoms with van der Waals surface area (Å²) in [6.45, 7) is 6.33. The van der Waals surface area contributed by atoms with Crippen molar-refractivity contribution in [1.82, 2.24) is 20.3 Å². The maximum absolute atomic E-state index is 14.1. The van der Waals surface area contributed by atoms with Crippen LogP contribution in [0.3, 0.4) is 0 Å². The van der Waals surface area contributed by atoms with E-state index in [9.17, 15) is 24.3 Å². The summed E-state index contributed by atoms with van der Waals surface area (Å²) >= 11 is 0. The van der Waals surface area contributed by atoms with Gasteiger partial charge >= 0.3 is 0 Å². The third kappa shape index (κ3) is 8.45. The van der Waals surface area contributed by atoms with Gasteiger partial charge in [0, 0.05) is 36.9 Å². The molecule has 2 fully saturated rings. The number of hydrogen-bond acceptors (Lipinski definition) is 6. The van der Waals surface area contributed by atoms with Crippen LogP contribution in [0.5, 0.6) is 0 Å². The maximum atomic E-state index is 14.1. The van der Waals surface area contributed by atoms with Crippen LogP contribution in [0, 0.1) is 11.8 Å². The largest absolute Gasteiger partial charge is 0.417 e. The number of nitrogens with one attached hydrogen (secondary N) is 2. The second kappa shape index (κ2) is 16.2. The van der Waals surface area contributed by atoms with Gasteiger partial charge in [0.2, 0.25) is 17.7 Å². The number of para-hydroxylation sites is 1. The highest BCUT2D eigenvalue weighted by atomic mass is 16.6. The summed E-state index contributed by atoms with van der Waals surface area (Å²) in [5.41, 5.74) is 1.67. The van der Waals surface area contributed by atoms with Crippen molar-refractivity contribution >= 4 is 34.4 Å². The Kier molecular flexibility index (Phi) is 12.4. The Morgan fingerprint density at radius 1 is 1.00 bits per heavy atom. The zero-order valence-corrected chi connectivity index (χ0v) is 27.4. The Labute approximate surface area is 267 Å². The number of amides is 3. The fourth-order valence-corrected chi connectivity index (χ4v) is 6.75. The van der Waals surface area contributed by atoms with E-state index in [1.807, 2.05) is 51.2 Å². The van der Waals surface area contributed by atoms with Crippen LogP contribution in [0.1, 0.15) is 97.0 Å². The molecule has 2 aliphatic heterocycles. The van der Waals surface area contributed by atoms with E-state index >= 15 is 0 Å². The molecule has 1 aromatic heterocycles. The number of carbonyl (C=O) groups is 4. The first-order valence-electron chi connectivity index (χ1n) is 16.9. The van der Waals surface area contributed by atoms with Crippen molar-refractivity contribution < 1.29 is 29.1 Å². The molecule has 10 heteroatoms. The molecule has 45 heavy (non-hydrogen) atoms. The number of Topliss-reactive ketones (excluding diaryl/α,β-unsaturated/α-hetero) is 1. The second-order valence-corrected chi connectivity index (χ2v) is 12.9. The second-order valence-electron chi connectivity index (χ2n) is 12.9. The zero-order chi connectivity index (χ0) is 32.5. The van der Waals surface area contributed by atoms with E-state index in [0.29, 0.717) is 38.6 Å². The Morgan fingerprint density at radius 3 is 2.51 bits per heavy atom. The van der Waals surface area contributed by atoms with Crippen LogP contribution in [0.4, 0.5) is 0 Å². The molecule has 2 aliphatic rings. The normalized spacial score (nSPS) is 24.7. The van der Waals surface area contributed by atoms with Crippen LogP contribution in [-0.2, 0) is 25.6 Å². The fourth-order valence-electron chi connectivity index (χ4n) is 6.75. The van der Waals surface area contributed by atoms with Gasteiger partial charge in [0.25, 0.3) is 0 Å². The van der Waals surface area contributed by atoms with Crippen molar-refractivity contribution in [2.24, 2.45) is 11.8 Å². The van der Waals surface area contributed by atoms with E-state index in [4.69, 9.17) is 4.84 Å². The highest BCUT2D eigenvalue weighted by molar-refractivity contribution is 5.98. The molecule has 3 heterocycles. The third-order valence-corrected chi connectivity index (χ3v) is 9.83. The molecule has 248 valence electrons. The Hall–Kier alpha value is -3.40. The average Bonchev–Trinajstić information content (AvgIpc) is 3.41. The molecule has 0 aliphatic carbocycles. The van der Waals surface area contributed by atoms with E-state index in [0.717, 1.165) is 48.6 Å². The summed E-state index contributed by atoms with van der Waals surface area (Å²) in [5.74, 6) is -1.81. The molecular weight excluding hydrogens is 572 g/mol. The summed E-state index contributed by atoms with van der Waals surface area (Å²) < 4.78 is 1.64. The van der Waals surface area contributed by atoms with Crippen LogP contribution in [-0.4, -0.2) is 76.1 Å². The minimum Gasteiger partial charge on any atom is -0.417 e. The number of rotatable bonds is 12. The smallest absolute Gasteiger partial charge is 0.246 e. The fraction of sp³-hybridized carbons (Fsp3) is 0.657. The Balaban J connectivity index is 1.66. The monoisotopic (exact) mass is 624 g/mol. The Morgan fingerprint density at radius 2 is 1.78 bits per heavy atom. The Bertz CT molecular complexity index is 1320. The van der Waals surface area contributed by atoms with Crippen LogP contribution in [0.15, 0.2) is 30.5 Å². The SMILES string of the molecule is CCC(C)[C@@H]1NC(=O)[C@H](Cc2cn(OC)c3ccccc23)NC(=O)[C@H](CCCCC[C@@H](O)CC)CC(=O)[C@H]2CCCCN2C1=O. The van der Waals surface area contributed by atoms with Crippen molar-refractivity contribution in [3.05, 3.63) is 36.0 Å². The summed E-state index contributed by atoms with van der Waals surface area (Å²) in [6, 6.07) is 5.36. The lowest BCUT2D eigenvalue weighted by atomic mass is 9.87. The number of carbonyl (C=O) groups excluding carboxylic acids is 4. The minimum absolute atomic E-state index is 0.0309. The number of hydrogen-bond donors (Lipinski definition) is 3. The lowest BCUT2D eigenvalue weighted by molar-refractivity contribution is -0.147. The molecule has 10 nitrogen and oxygen atoms in total. The summed E-state index contributed by atoms with van der Waals surface area (Å²) in [6.07, 6.45) is 8.91. The van der Waals surface area contributed by atoms with Gasteiger partial charge in [-0.1, -0.05) is 64.7 Å². The summed E-state index contributed by atoms with van der Waals surface area (Å²) in [5, 5.41) is 16.9. The molecule has 0 bridgehead atoms. The number of unbranched alkanes of at least 4 members (excludes halogenated alkanes) is 2.